The summed E-state index contributed by atoms with van der Waals surface area (Å²) in [7, 11) is 1.75. The molecule has 21 heavy (non-hydrogen) atoms. The minimum absolute atomic E-state index is 0.639. The molecule has 1 aromatic carbocycles. The summed E-state index contributed by atoms with van der Waals surface area (Å²) in [6.07, 6.45) is 3.44. The first-order valence-corrected chi connectivity index (χ1v) is 8.41. The van der Waals surface area contributed by atoms with E-state index in [1.165, 1.54) is 24.1 Å². The van der Waals surface area contributed by atoms with Gasteiger partial charge in [-0.05, 0) is 37.3 Å². The SMILES string of the molecule is COc1ccccc1C1CC(NCCc2csc(C)n2)C1. The van der Waals surface area contributed by atoms with Crippen molar-refractivity contribution in [3.63, 3.8) is 0 Å². The molecular formula is C17H22N2OS. The number of benzene rings is 1. The average molecular weight is 302 g/mol. The monoisotopic (exact) mass is 302 g/mol. The lowest BCUT2D eigenvalue weighted by atomic mass is 9.75. The maximum atomic E-state index is 5.45. The summed E-state index contributed by atoms with van der Waals surface area (Å²) in [5.74, 6) is 1.67. The molecular weight excluding hydrogens is 280 g/mol. The Kier molecular flexibility index (Phi) is 4.56. The van der Waals surface area contributed by atoms with E-state index in [-0.39, 0.29) is 0 Å². The molecule has 1 aliphatic carbocycles. The maximum absolute atomic E-state index is 5.45. The second-order valence-corrected chi connectivity index (χ2v) is 6.73. The molecule has 3 nitrogen and oxygen atoms in total. The zero-order valence-corrected chi connectivity index (χ0v) is 13.5. The van der Waals surface area contributed by atoms with Crippen LogP contribution in [0.2, 0.25) is 0 Å². The van der Waals surface area contributed by atoms with Gasteiger partial charge in [-0.3, -0.25) is 0 Å². The molecule has 1 N–H and O–H groups in total. The van der Waals surface area contributed by atoms with Crippen LogP contribution in [0.25, 0.3) is 0 Å². The third-order valence-corrected chi connectivity index (χ3v) is 5.02. The van der Waals surface area contributed by atoms with Gasteiger partial charge in [-0.25, -0.2) is 4.98 Å². The van der Waals surface area contributed by atoms with Crippen molar-refractivity contribution >= 4 is 11.3 Å². The molecule has 0 aliphatic heterocycles. The second kappa shape index (κ2) is 6.58. The van der Waals surface area contributed by atoms with Crippen LogP contribution >= 0.6 is 11.3 Å². The molecule has 0 atom stereocenters. The van der Waals surface area contributed by atoms with Gasteiger partial charge in [0.15, 0.2) is 0 Å². The highest BCUT2D eigenvalue weighted by Gasteiger charge is 2.31. The molecule has 3 rings (SSSR count). The Hall–Kier alpha value is -1.39. The van der Waals surface area contributed by atoms with Crippen molar-refractivity contribution in [3.05, 3.63) is 45.9 Å². The molecule has 0 saturated heterocycles. The lowest BCUT2D eigenvalue weighted by Crippen LogP contribution is -2.41. The highest BCUT2D eigenvalue weighted by Crippen LogP contribution is 2.40. The Bertz CT molecular complexity index is 590. The molecule has 0 spiro atoms. The van der Waals surface area contributed by atoms with Gasteiger partial charge in [-0.1, -0.05) is 18.2 Å². The molecule has 2 aromatic rings. The van der Waals surface area contributed by atoms with Gasteiger partial charge in [0.1, 0.15) is 5.75 Å². The Morgan fingerprint density at radius 1 is 1.33 bits per heavy atom. The lowest BCUT2D eigenvalue weighted by molar-refractivity contribution is 0.284. The summed E-state index contributed by atoms with van der Waals surface area (Å²) in [4.78, 5) is 4.50. The summed E-state index contributed by atoms with van der Waals surface area (Å²) in [5, 5.41) is 6.96. The van der Waals surface area contributed by atoms with Crippen LogP contribution < -0.4 is 10.1 Å². The number of thiazole rings is 1. The van der Waals surface area contributed by atoms with Gasteiger partial charge in [0.2, 0.25) is 0 Å². The molecule has 1 saturated carbocycles. The maximum Gasteiger partial charge on any atom is 0.122 e. The highest BCUT2D eigenvalue weighted by atomic mass is 32.1. The van der Waals surface area contributed by atoms with Gasteiger partial charge in [0.25, 0.3) is 0 Å². The largest absolute Gasteiger partial charge is 0.496 e. The first-order chi connectivity index (χ1) is 10.3. The number of hydrogen-bond acceptors (Lipinski definition) is 4. The molecule has 112 valence electrons. The van der Waals surface area contributed by atoms with Crippen LogP contribution in [0.15, 0.2) is 29.6 Å². The number of ether oxygens (including phenoxy) is 1. The van der Waals surface area contributed by atoms with E-state index in [9.17, 15) is 0 Å². The van der Waals surface area contributed by atoms with Crippen molar-refractivity contribution in [1.82, 2.24) is 10.3 Å². The Morgan fingerprint density at radius 2 is 2.14 bits per heavy atom. The molecule has 0 amide bonds. The van der Waals surface area contributed by atoms with Crippen LogP contribution in [0.5, 0.6) is 5.75 Å². The number of para-hydroxylation sites is 1. The van der Waals surface area contributed by atoms with Gasteiger partial charge in [-0.2, -0.15) is 0 Å². The van der Waals surface area contributed by atoms with Gasteiger partial charge in [-0.15, -0.1) is 11.3 Å². The Labute approximate surface area is 130 Å². The summed E-state index contributed by atoms with van der Waals surface area (Å²) in [6.45, 7) is 3.08. The third kappa shape index (κ3) is 3.44. The summed E-state index contributed by atoms with van der Waals surface area (Å²) in [6, 6.07) is 9.02. The molecule has 1 fully saturated rings. The molecule has 0 bridgehead atoms. The predicted molar refractivity (Wildman–Crippen MR) is 87.3 cm³/mol. The first kappa shape index (κ1) is 14.5. The minimum Gasteiger partial charge on any atom is -0.496 e. The van der Waals surface area contributed by atoms with Crippen LogP contribution in [0.3, 0.4) is 0 Å². The number of hydrogen-bond donors (Lipinski definition) is 1. The van der Waals surface area contributed by atoms with E-state index in [1.807, 2.05) is 6.07 Å². The normalized spacial score (nSPS) is 21.0. The van der Waals surface area contributed by atoms with Crippen molar-refractivity contribution in [2.75, 3.05) is 13.7 Å². The van der Waals surface area contributed by atoms with E-state index in [4.69, 9.17) is 4.74 Å². The molecule has 1 aliphatic rings. The van der Waals surface area contributed by atoms with Crippen LogP contribution in [0.4, 0.5) is 0 Å². The predicted octanol–water partition coefficient (Wildman–Crippen LogP) is 3.54. The number of rotatable bonds is 6. The fourth-order valence-electron chi connectivity index (χ4n) is 2.97. The minimum atomic E-state index is 0.639. The van der Waals surface area contributed by atoms with Crippen LogP contribution in [0, 0.1) is 6.92 Å². The second-order valence-electron chi connectivity index (χ2n) is 5.67. The van der Waals surface area contributed by atoms with Crippen molar-refractivity contribution in [2.24, 2.45) is 0 Å². The summed E-state index contributed by atoms with van der Waals surface area (Å²) < 4.78 is 5.45. The van der Waals surface area contributed by atoms with Gasteiger partial charge >= 0.3 is 0 Å². The van der Waals surface area contributed by atoms with Gasteiger partial charge < -0.3 is 10.1 Å². The van der Waals surface area contributed by atoms with Crippen molar-refractivity contribution in [1.29, 1.82) is 0 Å². The highest BCUT2D eigenvalue weighted by molar-refractivity contribution is 7.09. The van der Waals surface area contributed by atoms with Crippen LogP contribution in [0.1, 0.15) is 35.0 Å². The standard InChI is InChI=1S/C17H22N2OS/c1-12-19-14(11-21-12)7-8-18-15-9-13(10-15)16-5-3-4-6-17(16)20-2/h3-6,11,13,15,18H,7-10H2,1-2H3. The quantitative estimate of drug-likeness (QED) is 0.886. The Balaban J connectivity index is 1.43. The van der Waals surface area contributed by atoms with Crippen LogP contribution in [-0.2, 0) is 6.42 Å². The van der Waals surface area contributed by atoms with Crippen molar-refractivity contribution < 1.29 is 4.74 Å². The summed E-state index contributed by atoms with van der Waals surface area (Å²) >= 11 is 1.73. The van der Waals surface area contributed by atoms with Crippen LogP contribution in [-0.4, -0.2) is 24.7 Å². The summed E-state index contributed by atoms with van der Waals surface area (Å²) in [5.41, 5.74) is 2.57. The third-order valence-electron chi connectivity index (χ3n) is 4.20. The number of aromatic nitrogens is 1. The number of nitrogens with one attached hydrogen (secondary N) is 1. The topological polar surface area (TPSA) is 34.1 Å². The van der Waals surface area contributed by atoms with E-state index in [1.54, 1.807) is 18.4 Å². The number of methoxy groups -OCH3 is 1. The van der Waals surface area contributed by atoms with E-state index >= 15 is 0 Å². The first-order valence-electron chi connectivity index (χ1n) is 7.53. The molecule has 0 unspecified atom stereocenters. The van der Waals surface area contributed by atoms with Gasteiger partial charge in [0.05, 0.1) is 17.8 Å². The molecule has 1 heterocycles. The average Bonchev–Trinajstić information content (AvgIpc) is 2.87. The van der Waals surface area contributed by atoms with E-state index in [0.717, 1.165) is 23.7 Å². The van der Waals surface area contributed by atoms with Crippen molar-refractivity contribution in [3.8, 4) is 5.75 Å². The Morgan fingerprint density at radius 3 is 2.86 bits per heavy atom. The number of aryl methyl sites for hydroxylation is 1. The van der Waals surface area contributed by atoms with Gasteiger partial charge in [0, 0.05) is 24.4 Å². The molecule has 4 heteroatoms. The fraction of sp³-hybridized carbons (Fsp3) is 0.471. The van der Waals surface area contributed by atoms with Crippen molar-refractivity contribution in [2.45, 2.75) is 38.1 Å². The number of nitrogens with zero attached hydrogens (tertiary/aromatic N) is 1. The smallest absolute Gasteiger partial charge is 0.122 e. The lowest BCUT2D eigenvalue weighted by Gasteiger charge is -2.37. The fourth-order valence-corrected chi connectivity index (χ4v) is 3.62. The van der Waals surface area contributed by atoms with E-state index < -0.39 is 0 Å². The molecule has 0 radical (unpaired) electrons. The van der Waals surface area contributed by atoms with E-state index in [0.29, 0.717) is 12.0 Å². The zero-order valence-electron chi connectivity index (χ0n) is 12.6. The zero-order chi connectivity index (χ0) is 14.7. The van der Waals surface area contributed by atoms with E-state index in [2.05, 4.69) is 40.8 Å². The molecule has 1 aromatic heterocycles.